The molecule has 4 heteroatoms. The van der Waals surface area contributed by atoms with E-state index in [0.717, 1.165) is 23.2 Å². The van der Waals surface area contributed by atoms with Crippen LogP contribution in [0.1, 0.15) is 117 Å². The van der Waals surface area contributed by atoms with E-state index in [2.05, 4.69) is 13.8 Å². The summed E-state index contributed by atoms with van der Waals surface area (Å²) in [5.41, 5.74) is 0. The van der Waals surface area contributed by atoms with Crippen LogP contribution in [0.15, 0.2) is 0 Å². The Morgan fingerprint density at radius 1 is 0.640 bits per heavy atom. The number of thiocarbonyl (C=S) groups is 1. The predicted octanol–water partition coefficient (Wildman–Crippen LogP) is 8.30. The fraction of sp³-hybridized carbons (Fsp3) is 0.952. The van der Waals surface area contributed by atoms with Gasteiger partial charge in [-0.15, -0.1) is 0 Å². The van der Waals surface area contributed by atoms with Gasteiger partial charge in [-0.1, -0.05) is 116 Å². The zero-order valence-corrected chi connectivity index (χ0v) is 21.8. The van der Waals surface area contributed by atoms with Crippen molar-refractivity contribution in [3.63, 3.8) is 0 Å². The summed E-state index contributed by atoms with van der Waals surface area (Å²) in [4.78, 5) is 0. The minimum atomic E-state index is 0. The van der Waals surface area contributed by atoms with Gasteiger partial charge in [-0.25, -0.2) is 0 Å². The number of hydrogen-bond acceptors (Lipinski definition) is 3. The molecule has 0 unspecified atom stereocenters. The van der Waals surface area contributed by atoms with Gasteiger partial charge < -0.3 is 4.74 Å². The van der Waals surface area contributed by atoms with E-state index in [1.807, 2.05) is 0 Å². The van der Waals surface area contributed by atoms with Gasteiger partial charge in [0.25, 0.3) is 0 Å². The minimum absolute atomic E-state index is 0. The molecule has 0 radical (unpaired) electrons. The van der Waals surface area contributed by atoms with Crippen molar-refractivity contribution < 1.29 is 24.2 Å². The molecule has 0 spiro atoms. The van der Waals surface area contributed by atoms with Crippen molar-refractivity contribution in [2.24, 2.45) is 0 Å². The molecule has 1 nitrogen and oxygen atoms in total. The van der Waals surface area contributed by atoms with Crippen molar-refractivity contribution in [2.45, 2.75) is 117 Å². The smallest absolute Gasteiger partial charge is 0.219 e. The number of hydrogen-bond donors (Lipinski definition) is 0. The van der Waals surface area contributed by atoms with Crippen LogP contribution < -0.4 is 0 Å². The van der Waals surface area contributed by atoms with E-state index in [0.29, 0.717) is 0 Å². The largest absolute Gasteiger partial charge is 0.479 e. The Bertz CT molecular complexity index is 238. The molecule has 0 aliphatic heterocycles. The van der Waals surface area contributed by atoms with Gasteiger partial charge in [0.15, 0.2) is 0 Å². The first kappa shape index (κ1) is 28.1. The molecule has 0 aliphatic rings. The van der Waals surface area contributed by atoms with Gasteiger partial charge >= 0.3 is 0 Å². The molecule has 0 saturated heterocycles. The summed E-state index contributed by atoms with van der Waals surface area (Å²) in [6, 6.07) is 0. The van der Waals surface area contributed by atoms with Crippen molar-refractivity contribution in [3.8, 4) is 0 Å². The van der Waals surface area contributed by atoms with Crippen molar-refractivity contribution in [3.05, 3.63) is 0 Å². The van der Waals surface area contributed by atoms with Crippen molar-refractivity contribution in [1.82, 2.24) is 0 Å². The number of thioether (sulfide) groups is 1. The van der Waals surface area contributed by atoms with Gasteiger partial charge in [-0.3, -0.25) is 0 Å². The molecule has 0 amide bonds. The summed E-state index contributed by atoms with van der Waals surface area (Å²) >= 11 is 7.03. The maximum atomic E-state index is 5.65. The Labute approximate surface area is 181 Å². The van der Waals surface area contributed by atoms with Crippen LogP contribution in [0.3, 0.4) is 0 Å². The molecule has 0 bridgehead atoms. The number of ether oxygens (including phenoxy) is 1. The molecule has 0 aromatic rings. The summed E-state index contributed by atoms with van der Waals surface area (Å²) in [6.45, 7) is 5.36. The third-order valence-corrected chi connectivity index (χ3v) is 5.75. The first-order valence-corrected chi connectivity index (χ1v) is 12.0. The van der Waals surface area contributed by atoms with Crippen LogP contribution in [0, 0.1) is 0 Å². The molecule has 0 aliphatic carbocycles. The summed E-state index contributed by atoms with van der Waals surface area (Å²) in [7, 11) is 0. The first-order chi connectivity index (χ1) is 11.8. The van der Waals surface area contributed by atoms with E-state index in [1.165, 1.54) is 96.3 Å². The van der Waals surface area contributed by atoms with Gasteiger partial charge in [-0.05, 0) is 25.1 Å². The van der Waals surface area contributed by atoms with E-state index in [-0.39, 0.29) is 19.5 Å². The Kier molecular flexibility index (Phi) is 27.9. The third-order valence-electron chi connectivity index (χ3n) is 4.44. The summed E-state index contributed by atoms with van der Waals surface area (Å²) < 4.78 is 6.42. The topological polar surface area (TPSA) is 9.23 Å². The van der Waals surface area contributed by atoms with Crippen LogP contribution in [0.25, 0.3) is 0 Å². The van der Waals surface area contributed by atoms with Crippen LogP contribution in [0.5, 0.6) is 0 Å². The van der Waals surface area contributed by atoms with Crippen molar-refractivity contribution in [2.75, 3.05) is 12.4 Å². The molecule has 0 atom stereocenters. The van der Waals surface area contributed by atoms with E-state index >= 15 is 0 Å². The normalized spacial score (nSPS) is 10.5. The fourth-order valence-corrected chi connectivity index (χ4v) is 3.84. The Morgan fingerprint density at radius 2 is 1.04 bits per heavy atom. The van der Waals surface area contributed by atoms with E-state index in [9.17, 15) is 0 Å². The first-order valence-electron chi connectivity index (χ1n) is 10.6. The van der Waals surface area contributed by atoms with Crippen molar-refractivity contribution in [1.29, 1.82) is 0 Å². The van der Waals surface area contributed by atoms with E-state index < -0.39 is 0 Å². The second kappa shape index (κ2) is 24.9. The van der Waals surface area contributed by atoms with Gasteiger partial charge in [0.1, 0.15) is 0 Å². The molecule has 0 fully saturated rings. The number of unbranched alkanes of at least 4 members (excludes halogenated alkanes) is 14. The molecule has 0 aromatic carbocycles. The number of rotatable bonds is 18. The summed E-state index contributed by atoms with van der Waals surface area (Å²) in [5, 5.41) is 0. The Balaban J connectivity index is 0. The Morgan fingerprint density at radius 3 is 1.52 bits per heavy atom. The quantitative estimate of drug-likeness (QED) is 0.121. The molecule has 0 saturated carbocycles. The van der Waals surface area contributed by atoms with Gasteiger partial charge in [0.2, 0.25) is 4.38 Å². The average Bonchev–Trinajstić information content (AvgIpc) is 2.59. The van der Waals surface area contributed by atoms with Crippen molar-refractivity contribution >= 4 is 28.4 Å². The Hall–Kier alpha value is 0.863. The van der Waals surface area contributed by atoms with Crippen LogP contribution in [-0.2, 0) is 24.2 Å². The molecule has 0 rings (SSSR count). The second-order valence-electron chi connectivity index (χ2n) is 6.90. The van der Waals surface area contributed by atoms with Crippen LogP contribution in [-0.4, -0.2) is 16.7 Å². The average molecular weight is 440 g/mol. The molecule has 0 heterocycles. The standard InChI is InChI=1S/C21H42OS2.Zn/c1-3-5-7-9-11-13-15-17-19-22-21(23)24-20-18-16-14-12-10-8-6-4-2;/h3-20H2,1-2H3;. The van der Waals surface area contributed by atoms with Crippen LogP contribution in [0.4, 0.5) is 0 Å². The molecule has 25 heavy (non-hydrogen) atoms. The predicted molar refractivity (Wildman–Crippen MR) is 116 cm³/mol. The summed E-state index contributed by atoms with van der Waals surface area (Å²) in [6.07, 6.45) is 21.7. The molecule has 0 N–H and O–H groups in total. The van der Waals surface area contributed by atoms with E-state index in [1.54, 1.807) is 11.8 Å². The second-order valence-corrected chi connectivity index (χ2v) is 8.59. The van der Waals surface area contributed by atoms with E-state index in [4.69, 9.17) is 17.0 Å². The minimum Gasteiger partial charge on any atom is -0.479 e. The maximum Gasteiger partial charge on any atom is 0.219 e. The zero-order valence-electron chi connectivity index (χ0n) is 17.2. The monoisotopic (exact) mass is 438 g/mol. The molecular weight excluding hydrogens is 398 g/mol. The van der Waals surface area contributed by atoms with Crippen LogP contribution in [0.2, 0.25) is 0 Å². The zero-order chi connectivity index (χ0) is 17.7. The fourth-order valence-electron chi connectivity index (χ4n) is 2.82. The SMILES string of the molecule is CCCCCCCCCCOC(=S)SCCCCCCCCCC.[Zn]. The molecule has 146 valence electrons. The third kappa shape index (κ3) is 24.9. The van der Waals surface area contributed by atoms with Gasteiger partial charge in [0, 0.05) is 25.2 Å². The molecule has 0 aromatic heterocycles. The maximum absolute atomic E-state index is 5.65. The van der Waals surface area contributed by atoms with Crippen LogP contribution >= 0.6 is 24.0 Å². The summed E-state index contributed by atoms with van der Waals surface area (Å²) in [5.74, 6) is 1.13. The molecular formula is C21H42OS2Zn. The van der Waals surface area contributed by atoms with Gasteiger partial charge in [-0.2, -0.15) is 0 Å². The van der Waals surface area contributed by atoms with Gasteiger partial charge in [0.05, 0.1) is 6.61 Å².